The van der Waals surface area contributed by atoms with Crippen LogP contribution in [0.1, 0.15) is 27.2 Å². The van der Waals surface area contributed by atoms with Crippen molar-refractivity contribution < 1.29 is 9.59 Å². The zero-order valence-corrected chi connectivity index (χ0v) is 15.5. The molecule has 0 spiro atoms. The number of hydrogen-bond acceptors (Lipinski definition) is 7. The average molecular weight is 358 g/mol. The highest BCUT2D eigenvalue weighted by atomic mass is 32.2. The molecule has 0 saturated carbocycles. The Morgan fingerprint density at radius 2 is 2.17 bits per heavy atom. The summed E-state index contributed by atoms with van der Waals surface area (Å²) >= 11 is 2.61. The molecule has 23 heavy (non-hydrogen) atoms. The van der Waals surface area contributed by atoms with E-state index in [2.05, 4.69) is 10.2 Å². The zero-order chi connectivity index (χ0) is 17.2. The predicted octanol–water partition coefficient (Wildman–Crippen LogP) is 1.32. The zero-order valence-electron chi connectivity index (χ0n) is 13.9. The molecule has 1 atom stereocenters. The summed E-state index contributed by atoms with van der Waals surface area (Å²) in [4.78, 5) is 27.9. The number of hydrogen-bond donors (Lipinski definition) is 1. The molecule has 0 bridgehead atoms. The van der Waals surface area contributed by atoms with Crippen LogP contribution in [0.5, 0.6) is 0 Å². The first-order valence-electron chi connectivity index (χ1n) is 7.43. The van der Waals surface area contributed by atoms with Crippen LogP contribution in [-0.2, 0) is 9.59 Å². The molecular weight excluding hydrogens is 334 g/mol. The quantitative estimate of drug-likeness (QED) is 0.799. The Hall–Kier alpha value is -1.35. The van der Waals surface area contributed by atoms with Gasteiger partial charge in [0.15, 0.2) is 4.34 Å². The minimum atomic E-state index is -0.165. The second-order valence-electron chi connectivity index (χ2n) is 6.71. The molecule has 2 rings (SSSR count). The summed E-state index contributed by atoms with van der Waals surface area (Å²) in [5, 5.41) is 8.00. The maximum absolute atomic E-state index is 12.2. The second kappa shape index (κ2) is 7.04. The lowest BCUT2D eigenvalue weighted by Gasteiger charge is -2.32. The van der Waals surface area contributed by atoms with Gasteiger partial charge in [0.05, 0.1) is 5.75 Å². The molecule has 1 aliphatic rings. The molecule has 1 aliphatic heterocycles. The van der Waals surface area contributed by atoms with Gasteiger partial charge in [0.2, 0.25) is 16.9 Å². The van der Waals surface area contributed by atoms with E-state index in [-0.39, 0.29) is 23.3 Å². The minimum Gasteiger partial charge on any atom is -0.374 e. The summed E-state index contributed by atoms with van der Waals surface area (Å²) in [6, 6.07) is 0. The smallest absolute Gasteiger partial charge is 0.232 e. The third-order valence-corrected chi connectivity index (χ3v) is 5.58. The number of carbonyl (C=O) groups excluding carboxylic acids is 2. The lowest BCUT2D eigenvalue weighted by atomic mass is 10.1. The van der Waals surface area contributed by atoms with Crippen LogP contribution >= 0.6 is 23.1 Å². The van der Waals surface area contributed by atoms with Crippen molar-refractivity contribution in [3.63, 3.8) is 0 Å². The lowest BCUT2D eigenvalue weighted by molar-refractivity contribution is -0.131. The molecule has 1 fully saturated rings. The molecule has 0 aromatic carbocycles. The van der Waals surface area contributed by atoms with Crippen molar-refractivity contribution in [3.05, 3.63) is 0 Å². The van der Waals surface area contributed by atoms with Crippen LogP contribution in [0.15, 0.2) is 4.34 Å². The summed E-state index contributed by atoms with van der Waals surface area (Å²) in [6.45, 7) is 7.40. The highest BCUT2D eigenvalue weighted by Crippen LogP contribution is 2.27. The number of nitrogens with two attached hydrogens (primary N) is 1. The molecule has 1 saturated heterocycles. The average Bonchev–Trinajstić information content (AvgIpc) is 3.01. The Balaban J connectivity index is 1.81. The minimum absolute atomic E-state index is 0.0189. The van der Waals surface area contributed by atoms with Gasteiger partial charge in [-0.15, -0.1) is 10.2 Å². The van der Waals surface area contributed by atoms with E-state index < -0.39 is 0 Å². The number of rotatable bonds is 5. The highest BCUT2D eigenvalue weighted by molar-refractivity contribution is 8.01. The first kappa shape index (κ1) is 18.0. The van der Waals surface area contributed by atoms with Crippen molar-refractivity contribution in [2.24, 2.45) is 5.92 Å². The first-order valence-corrected chi connectivity index (χ1v) is 9.23. The largest absolute Gasteiger partial charge is 0.374 e. The first-order chi connectivity index (χ1) is 10.7. The van der Waals surface area contributed by atoms with Gasteiger partial charge in [0.1, 0.15) is 0 Å². The van der Waals surface area contributed by atoms with Crippen LogP contribution in [0.2, 0.25) is 0 Å². The van der Waals surface area contributed by atoms with E-state index in [1.54, 1.807) is 11.9 Å². The molecule has 128 valence electrons. The second-order valence-corrected chi connectivity index (χ2v) is 8.95. The van der Waals surface area contributed by atoms with Gasteiger partial charge in [0, 0.05) is 38.0 Å². The number of anilines is 1. The number of amides is 2. The van der Waals surface area contributed by atoms with Gasteiger partial charge in [0.25, 0.3) is 0 Å². The maximum atomic E-state index is 12.2. The van der Waals surface area contributed by atoms with Gasteiger partial charge in [-0.2, -0.15) is 0 Å². The molecule has 7 nitrogen and oxygen atoms in total. The van der Waals surface area contributed by atoms with Crippen molar-refractivity contribution >= 4 is 40.0 Å². The number of carbonyl (C=O) groups is 2. The highest BCUT2D eigenvalue weighted by Gasteiger charge is 2.36. The molecule has 1 aromatic rings. The molecule has 0 aliphatic carbocycles. The number of thioether (sulfide) groups is 1. The van der Waals surface area contributed by atoms with Gasteiger partial charge < -0.3 is 15.5 Å². The van der Waals surface area contributed by atoms with E-state index in [1.807, 2.05) is 25.7 Å². The number of aromatic nitrogens is 2. The van der Waals surface area contributed by atoms with E-state index in [1.165, 1.54) is 23.1 Å². The fourth-order valence-electron chi connectivity index (χ4n) is 2.55. The fraction of sp³-hybridized carbons (Fsp3) is 0.714. The number of nitrogens with zero attached hydrogens (tertiary/aromatic N) is 4. The molecule has 9 heteroatoms. The van der Waals surface area contributed by atoms with E-state index in [0.717, 1.165) is 0 Å². The van der Waals surface area contributed by atoms with Crippen molar-refractivity contribution in [1.82, 2.24) is 20.0 Å². The molecule has 0 radical (unpaired) electrons. The van der Waals surface area contributed by atoms with E-state index in [4.69, 9.17) is 5.73 Å². The van der Waals surface area contributed by atoms with Crippen molar-refractivity contribution in [1.29, 1.82) is 0 Å². The fourth-order valence-corrected chi connectivity index (χ4v) is 4.13. The Morgan fingerprint density at radius 3 is 2.70 bits per heavy atom. The number of likely N-dealkylation sites (tertiary alicyclic amines) is 1. The SMILES string of the molecule is CN(C[C@@H]1CC(=O)N(C(C)(C)C)C1)C(=O)CSc1nnc(N)s1. The summed E-state index contributed by atoms with van der Waals surface area (Å²) in [7, 11) is 1.78. The van der Waals surface area contributed by atoms with Crippen molar-refractivity contribution in [3.8, 4) is 0 Å². The normalized spacial score (nSPS) is 18.5. The molecular formula is C14H23N5O2S2. The van der Waals surface area contributed by atoms with Crippen molar-refractivity contribution in [2.45, 2.75) is 37.1 Å². The van der Waals surface area contributed by atoms with Gasteiger partial charge in [-0.1, -0.05) is 23.1 Å². The third kappa shape index (κ3) is 4.81. The van der Waals surface area contributed by atoms with E-state index >= 15 is 0 Å². The summed E-state index contributed by atoms with van der Waals surface area (Å²) in [5.41, 5.74) is 5.35. The third-order valence-electron chi connectivity index (χ3n) is 3.71. The molecule has 2 N–H and O–H groups in total. The maximum Gasteiger partial charge on any atom is 0.232 e. The van der Waals surface area contributed by atoms with Crippen LogP contribution in [0.3, 0.4) is 0 Å². The standard InChI is InChI=1S/C14H23N5O2S2/c1-14(2,3)19-7-9(5-10(19)20)6-18(4)11(21)8-22-13-17-16-12(15)23-13/h9H,5-8H2,1-4H3,(H2,15,16)/t9-/m0/s1. The Kier molecular flexibility index (Phi) is 5.51. The van der Waals surface area contributed by atoms with Crippen LogP contribution in [0.4, 0.5) is 5.13 Å². The predicted molar refractivity (Wildman–Crippen MR) is 92.3 cm³/mol. The summed E-state index contributed by atoms with van der Waals surface area (Å²) in [6.07, 6.45) is 0.509. The molecule has 0 unspecified atom stereocenters. The monoisotopic (exact) mass is 357 g/mol. The van der Waals surface area contributed by atoms with Crippen LogP contribution in [0.25, 0.3) is 0 Å². The van der Waals surface area contributed by atoms with E-state index in [9.17, 15) is 9.59 Å². The summed E-state index contributed by atoms with van der Waals surface area (Å²) < 4.78 is 0.694. The van der Waals surface area contributed by atoms with Crippen LogP contribution < -0.4 is 5.73 Å². The molecule has 2 heterocycles. The lowest BCUT2D eigenvalue weighted by Crippen LogP contribution is -2.43. The molecule has 2 amide bonds. The van der Waals surface area contributed by atoms with Crippen LogP contribution in [0, 0.1) is 5.92 Å². The van der Waals surface area contributed by atoms with Gasteiger partial charge in [-0.05, 0) is 20.8 Å². The Bertz CT molecular complexity index is 584. The Labute approximate surface area is 144 Å². The van der Waals surface area contributed by atoms with Gasteiger partial charge in [-0.25, -0.2) is 0 Å². The van der Waals surface area contributed by atoms with Crippen LogP contribution in [-0.4, -0.2) is 63.2 Å². The molecule has 1 aromatic heterocycles. The van der Waals surface area contributed by atoms with Gasteiger partial charge >= 0.3 is 0 Å². The van der Waals surface area contributed by atoms with Gasteiger partial charge in [-0.3, -0.25) is 9.59 Å². The Morgan fingerprint density at radius 1 is 1.48 bits per heavy atom. The van der Waals surface area contributed by atoms with Crippen molar-refractivity contribution in [2.75, 3.05) is 31.6 Å². The summed E-state index contributed by atoms with van der Waals surface area (Å²) in [5.74, 6) is 0.680. The topological polar surface area (TPSA) is 92.4 Å². The number of nitrogen functional groups attached to an aromatic ring is 1. The van der Waals surface area contributed by atoms with E-state index in [0.29, 0.717) is 34.7 Å².